The highest BCUT2D eigenvalue weighted by Crippen LogP contribution is 2.26. The number of nitrogens with zero attached hydrogens (tertiary/aromatic N) is 1. The van der Waals surface area contributed by atoms with E-state index in [9.17, 15) is 18.9 Å². The van der Waals surface area contributed by atoms with Crippen LogP contribution in [0.2, 0.25) is 0 Å². The Balaban J connectivity index is 2.18. The molecule has 0 fully saturated rings. The topological polar surface area (TPSA) is 55.2 Å². The lowest BCUT2D eigenvalue weighted by molar-refractivity contribution is -0.385. The lowest BCUT2D eigenvalue weighted by Crippen LogP contribution is -2.03. The molecule has 0 unspecified atom stereocenters. The summed E-state index contributed by atoms with van der Waals surface area (Å²) in [7, 11) is 0. The van der Waals surface area contributed by atoms with Crippen molar-refractivity contribution < 1.29 is 13.7 Å². The van der Waals surface area contributed by atoms with E-state index in [4.69, 9.17) is 0 Å². The highest BCUT2D eigenvalue weighted by Gasteiger charge is 2.16. The normalized spacial score (nSPS) is 10.5. The van der Waals surface area contributed by atoms with Crippen molar-refractivity contribution in [1.82, 2.24) is 0 Å². The van der Waals surface area contributed by atoms with Crippen LogP contribution in [-0.4, -0.2) is 4.92 Å². The molecular formula is C11H7BrF2N2O2S. The first-order valence-electron chi connectivity index (χ1n) is 5.07. The molecule has 1 N–H and O–H groups in total. The van der Waals surface area contributed by atoms with Gasteiger partial charge in [-0.25, -0.2) is 8.78 Å². The largest absolute Gasteiger partial charge is 0.375 e. The highest BCUT2D eigenvalue weighted by atomic mass is 79.9. The summed E-state index contributed by atoms with van der Waals surface area (Å²) < 4.78 is 28.0. The standard InChI is InChI=1S/C11H7BrF2N2O2S/c12-6-1-8(19-5-6)4-15-11-9(13)2-7(16(17)18)3-10(11)14/h1-3,5,15H,4H2. The van der Waals surface area contributed by atoms with Crippen molar-refractivity contribution >= 4 is 38.6 Å². The molecule has 1 aromatic heterocycles. The van der Waals surface area contributed by atoms with Gasteiger partial charge in [-0.3, -0.25) is 10.1 Å². The summed E-state index contributed by atoms with van der Waals surface area (Å²) in [4.78, 5) is 10.5. The number of benzene rings is 1. The Bertz CT molecular complexity index is 610. The smallest absolute Gasteiger partial charge is 0.275 e. The van der Waals surface area contributed by atoms with Gasteiger partial charge in [0.25, 0.3) is 5.69 Å². The average Bonchev–Trinajstić information content (AvgIpc) is 2.73. The van der Waals surface area contributed by atoms with Gasteiger partial charge in [-0.15, -0.1) is 11.3 Å². The second-order valence-electron chi connectivity index (χ2n) is 3.63. The van der Waals surface area contributed by atoms with Crippen molar-refractivity contribution in [3.05, 3.63) is 54.7 Å². The second kappa shape index (κ2) is 5.62. The lowest BCUT2D eigenvalue weighted by Gasteiger charge is -2.07. The molecule has 100 valence electrons. The van der Waals surface area contributed by atoms with Crippen LogP contribution in [-0.2, 0) is 6.54 Å². The van der Waals surface area contributed by atoms with E-state index in [-0.39, 0.29) is 12.2 Å². The fourth-order valence-corrected chi connectivity index (χ4v) is 2.85. The number of hydrogen-bond acceptors (Lipinski definition) is 4. The minimum absolute atomic E-state index is 0.238. The number of hydrogen-bond donors (Lipinski definition) is 1. The van der Waals surface area contributed by atoms with Crippen LogP contribution in [0.25, 0.3) is 0 Å². The maximum atomic E-state index is 13.6. The molecule has 0 spiro atoms. The zero-order valence-corrected chi connectivity index (χ0v) is 11.7. The maximum Gasteiger partial charge on any atom is 0.275 e. The molecule has 19 heavy (non-hydrogen) atoms. The number of nitro benzene ring substituents is 1. The van der Waals surface area contributed by atoms with Crippen molar-refractivity contribution in [3.63, 3.8) is 0 Å². The van der Waals surface area contributed by atoms with E-state index >= 15 is 0 Å². The number of rotatable bonds is 4. The van der Waals surface area contributed by atoms with E-state index in [0.29, 0.717) is 12.1 Å². The molecular weight excluding hydrogens is 342 g/mol. The summed E-state index contributed by atoms with van der Waals surface area (Å²) >= 11 is 4.70. The summed E-state index contributed by atoms with van der Waals surface area (Å²) in [6.07, 6.45) is 0. The summed E-state index contributed by atoms with van der Waals surface area (Å²) in [6, 6.07) is 3.20. The second-order valence-corrected chi connectivity index (χ2v) is 5.54. The zero-order valence-electron chi connectivity index (χ0n) is 9.32. The Morgan fingerprint density at radius 2 is 1.95 bits per heavy atom. The first-order valence-corrected chi connectivity index (χ1v) is 6.75. The molecule has 0 amide bonds. The molecule has 0 aliphatic heterocycles. The fourth-order valence-electron chi connectivity index (χ4n) is 1.46. The zero-order chi connectivity index (χ0) is 14.0. The Morgan fingerprint density at radius 3 is 2.42 bits per heavy atom. The van der Waals surface area contributed by atoms with Gasteiger partial charge in [-0.2, -0.15) is 0 Å². The van der Waals surface area contributed by atoms with E-state index in [2.05, 4.69) is 21.2 Å². The van der Waals surface area contributed by atoms with E-state index in [1.165, 1.54) is 11.3 Å². The molecule has 0 bridgehead atoms. The predicted molar refractivity (Wildman–Crippen MR) is 72.4 cm³/mol. The lowest BCUT2D eigenvalue weighted by atomic mass is 10.2. The van der Waals surface area contributed by atoms with Gasteiger partial charge in [0.1, 0.15) is 5.69 Å². The molecule has 0 aliphatic rings. The predicted octanol–water partition coefficient (Wildman–Crippen LogP) is 4.31. The number of non-ortho nitro benzene ring substituents is 1. The number of thiophene rings is 1. The first kappa shape index (κ1) is 13.9. The molecule has 2 aromatic rings. The van der Waals surface area contributed by atoms with Crippen LogP contribution in [0.15, 0.2) is 28.1 Å². The molecule has 2 rings (SSSR count). The van der Waals surface area contributed by atoms with Gasteiger partial charge in [0.05, 0.1) is 17.1 Å². The van der Waals surface area contributed by atoms with Gasteiger partial charge in [0.15, 0.2) is 11.6 Å². The quantitative estimate of drug-likeness (QED) is 0.661. The van der Waals surface area contributed by atoms with Crippen molar-refractivity contribution in [2.45, 2.75) is 6.54 Å². The molecule has 0 radical (unpaired) electrons. The number of anilines is 1. The first-order chi connectivity index (χ1) is 8.97. The van der Waals surface area contributed by atoms with E-state index in [1.54, 1.807) is 0 Å². The Kier molecular flexibility index (Phi) is 4.11. The summed E-state index contributed by atoms with van der Waals surface area (Å²) in [5.74, 6) is -1.97. The van der Waals surface area contributed by atoms with Crippen molar-refractivity contribution in [3.8, 4) is 0 Å². The fraction of sp³-hybridized carbons (Fsp3) is 0.0909. The van der Waals surface area contributed by atoms with E-state index in [0.717, 1.165) is 9.35 Å². The molecule has 4 nitrogen and oxygen atoms in total. The summed E-state index contributed by atoms with van der Waals surface area (Å²) in [5, 5.41) is 14.9. The van der Waals surface area contributed by atoms with Crippen molar-refractivity contribution in [2.75, 3.05) is 5.32 Å². The Hall–Kier alpha value is -1.54. The van der Waals surface area contributed by atoms with Gasteiger partial charge in [0.2, 0.25) is 0 Å². The average molecular weight is 349 g/mol. The van der Waals surface area contributed by atoms with Crippen LogP contribution in [0.1, 0.15) is 4.88 Å². The van der Waals surface area contributed by atoms with Crippen LogP contribution in [0.4, 0.5) is 20.2 Å². The third-order valence-corrected chi connectivity index (χ3v) is 4.00. The van der Waals surface area contributed by atoms with Gasteiger partial charge >= 0.3 is 0 Å². The monoisotopic (exact) mass is 348 g/mol. The van der Waals surface area contributed by atoms with Crippen LogP contribution in [0.3, 0.4) is 0 Å². The molecule has 0 saturated heterocycles. The molecule has 0 atom stereocenters. The van der Waals surface area contributed by atoms with E-state index < -0.39 is 22.2 Å². The molecule has 1 heterocycles. The number of nitro groups is 1. The number of nitrogens with one attached hydrogen (secondary N) is 1. The van der Waals surface area contributed by atoms with Crippen LogP contribution in [0.5, 0.6) is 0 Å². The number of halogens is 3. The maximum absolute atomic E-state index is 13.6. The SMILES string of the molecule is O=[N+]([O-])c1cc(F)c(NCc2cc(Br)cs2)c(F)c1. The molecule has 8 heteroatoms. The summed E-state index contributed by atoms with van der Waals surface area (Å²) in [5.41, 5.74) is -0.977. The van der Waals surface area contributed by atoms with Gasteiger partial charge in [-0.05, 0) is 22.0 Å². The Morgan fingerprint density at radius 1 is 1.32 bits per heavy atom. The Labute approximate surface area is 119 Å². The third-order valence-electron chi connectivity index (χ3n) is 2.30. The minimum Gasteiger partial charge on any atom is -0.375 e. The van der Waals surface area contributed by atoms with E-state index in [1.807, 2.05) is 11.4 Å². The molecule has 0 saturated carbocycles. The van der Waals surface area contributed by atoms with Crippen LogP contribution >= 0.6 is 27.3 Å². The third kappa shape index (κ3) is 3.27. The van der Waals surface area contributed by atoms with Crippen molar-refractivity contribution in [2.24, 2.45) is 0 Å². The summed E-state index contributed by atoms with van der Waals surface area (Å²) in [6.45, 7) is 0.238. The minimum atomic E-state index is -0.984. The molecule has 1 aromatic carbocycles. The van der Waals surface area contributed by atoms with Crippen LogP contribution in [0, 0.1) is 21.7 Å². The van der Waals surface area contributed by atoms with Gasteiger partial charge in [0, 0.05) is 21.3 Å². The van der Waals surface area contributed by atoms with Gasteiger partial charge in [-0.1, -0.05) is 0 Å². The highest BCUT2D eigenvalue weighted by molar-refractivity contribution is 9.10. The van der Waals surface area contributed by atoms with Gasteiger partial charge < -0.3 is 5.32 Å². The van der Waals surface area contributed by atoms with Crippen LogP contribution < -0.4 is 5.32 Å². The van der Waals surface area contributed by atoms with Crippen molar-refractivity contribution in [1.29, 1.82) is 0 Å². The molecule has 0 aliphatic carbocycles.